The Kier molecular flexibility index (Phi) is 7.00. The normalized spacial score (nSPS) is 13.0. The lowest BCUT2D eigenvalue weighted by Gasteiger charge is -2.35. The second-order valence-corrected chi connectivity index (χ2v) is 8.09. The van der Waals surface area contributed by atoms with Gasteiger partial charge in [0.05, 0.1) is 17.5 Å². The molecule has 0 bridgehead atoms. The van der Waals surface area contributed by atoms with Crippen LogP contribution in [0.4, 0.5) is 32.4 Å². The van der Waals surface area contributed by atoms with E-state index in [0.717, 1.165) is 36.5 Å². The molecule has 0 saturated heterocycles. The predicted octanol–water partition coefficient (Wildman–Crippen LogP) is 6.69. The smallest absolute Gasteiger partial charge is 0.322 e. The van der Waals surface area contributed by atoms with Crippen molar-refractivity contribution in [3.63, 3.8) is 0 Å². The van der Waals surface area contributed by atoms with Gasteiger partial charge in [0, 0.05) is 12.1 Å². The maximum Gasteiger partial charge on any atom is 0.416 e. The molecule has 0 radical (unpaired) electrons. The van der Waals surface area contributed by atoms with Crippen molar-refractivity contribution in [1.29, 1.82) is 0 Å². The number of carbonyl (C=O) groups is 1. The van der Waals surface area contributed by atoms with E-state index in [0.29, 0.717) is 5.56 Å². The molecule has 184 valence electrons. The van der Waals surface area contributed by atoms with Gasteiger partial charge >= 0.3 is 12.2 Å². The summed E-state index contributed by atoms with van der Waals surface area (Å²) in [6, 6.07) is 20.0. The highest BCUT2D eigenvalue weighted by Crippen LogP contribution is 2.37. The highest BCUT2D eigenvalue weighted by Gasteiger charge is 2.40. The number of anilines is 1. The summed E-state index contributed by atoms with van der Waals surface area (Å²) in [5, 5.41) is 5.34. The summed E-state index contributed by atoms with van der Waals surface area (Å²) < 4.78 is 67.9. The van der Waals surface area contributed by atoms with Crippen molar-refractivity contribution in [1.82, 2.24) is 10.3 Å². The first kappa shape index (κ1) is 24.8. The van der Waals surface area contributed by atoms with Crippen molar-refractivity contribution < 1.29 is 26.7 Å². The number of aromatic nitrogens is 1. The second kappa shape index (κ2) is 10.2. The van der Waals surface area contributed by atoms with Crippen LogP contribution in [0.1, 0.15) is 22.4 Å². The fourth-order valence-corrected chi connectivity index (χ4v) is 3.90. The Balaban J connectivity index is 1.86. The van der Waals surface area contributed by atoms with Crippen LogP contribution in [0.5, 0.6) is 0 Å². The van der Waals surface area contributed by atoms with Gasteiger partial charge < -0.3 is 10.6 Å². The zero-order valence-corrected chi connectivity index (χ0v) is 18.7. The molecular formula is C27H20F5N3O. The van der Waals surface area contributed by atoms with Crippen LogP contribution in [-0.4, -0.2) is 11.0 Å². The standard InChI is InChI=1S/C27H20F5N3O/c28-21-9-12-23(13-10-21)34-25(36)35-26(16-18-5-2-1-3-6-18,24-14-11-22(29)17-33-24)19-7-4-8-20(15-19)27(30,31)32/h1-15,17H,16H2,(H2,34,35,36). The van der Waals surface area contributed by atoms with Crippen molar-refractivity contribution in [3.05, 3.63) is 131 Å². The summed E-state index contributed by atoms with van der Waals surface area (Å²) in [6.07, 6.45) is -3.70. The van der Waals surface area contributed by atoms with Gasteiger partial charge in [0.15, 0.2) is 0 Å². The number of carbonyl (C=O) groups excluding carboxylic acids is 1. The molecule has 4 rings (SSSR count). The van der Waals surface area contributed by atoms with E-state index in [-0.39, 0.29) is 23.4 Å². The number of hydrogen-bond donors (Lipinski definition) is 2. The Labute approximate surface area is 203 Å². The van der Waals surface area contributed by atoms with E-state index in [9.17, 15) is 26.7 Å². The van der Waals surface area contributed by atoms with Gasteiger partial charge in [-0.05, 0) is 59.7 Å². The molecule has 0 aliphatic carbocycles. The fraction of sp³-hybridized carbons (Fsp3) is 0.111. The lowest BCUT2D eigenvalue weighted by Crippen LogP contribution is -2.50. The van der Waals surface area contributed by atoms with E-state index in [1.807, 2.05) is 0 Å². The number of amides is 2. The van der Waals surface area contributed by atoms with E-state index in [1.54, 1.807) is 30.3 Å². The highest BCUT2D eigenvalue weighted by molar-refractivity contribution is 5.90. The molecule has 2 amide bonds. The van der Waals surface area contributed by atoms with Crippen molar-refractivity contribution in [2.75, 3.05) is 5.32 Å². The van der Waals surface area contributed by atoms with Crippen LogP contribution in [0.2, 0.25) is 0 Å². The third-order valence-corrected chi connectivity index (χ3v) is 5.59. The van der Waals surface area contributed by atoms with Gasteiger partial charge in [-0.3, -0.25) is 4.98 Å². The number of rotatable bonds is 6. The molecular weight excluding hydrogens is 477 g/mol. The Morgan fingerprint density at radius 2 is 1.44 bits per heavy atom. The van der Waals surface area contributed by atoms with Crippen LogP contribution in [0.15, 0.2) is 97.2 Å². The van der Waals surface area contributed by atoms with E-state index in [4.69, 9.17) is 0 Å². The third kappa shape index (κ3) is 5.68. The molecule has 1 atom stereocenters. The summed E-state index contributed by atoms with van der Waals surface area (Å²) >= 11 is 0. The van der Waals surface area contributed by atoms with Crippen LogP contribution in [-0.2, 0) is 18.1 Å². The number of alkyl halides is 3. The van der Waals surface area contributed by atoms with E-state index in [2.05, 4.69) is 15.6 Å². The van der Waals surface area contributed by atoms with Crippen LogP contribution in [0.25, 0.3) is 0 Å². The third-order valence-electron chi connectivity index (χ3n) is 5.59. The van der Waals surface area contributed by atoms with Gasteiger partial charge in [-0.15, -0.1) is 0 Å². The van der Waals surface area contributed by atoms with Crippen LogP contribution in [0.3, 0.4) is 0 Å². The van der Waals surface area contributed by atoms with Crippen LogP contribution >= 0.6 is 0 Å². The number of hydrogen-bond acceptors (Lipinski definition) is 2. The first-order valence-electron chi connectivity index (χ1n) is 10.8. The lowest BCUT2D eigenvalue weighted by atomic mass is 9.80. The molecule has 0 fully saturated rings. The maximum absolute atomic E-state index is 13.8. The van der Waals surface area contributed by atoms with Gasteiger partial charge in [-0.25, -0.2) is 13.6 Å². The number of nitrogens with one attached hydrogen (secondary N) is 2. The number of nitrogens with zero attached hydrogens (tertiary/aromatic N) is 1. The quantitative estimate of drug-likeness (QED) is 0.292. The van der Waals surface area contributed by atoms with E-state index in [1.165, 1.54) is 30.3 Å². The molecule has 3 aromatic carbocycles. The monoisotopic (exact) mass is 497 g/mol. The summed E-state index contributed by atoms with van der Waals surface area (Å²) in [5.74, 6) is -1.15. The molecule has 0 saturated carbocycles. The Bertz CT molecular complexity index is 1330. The second-order valence-electron chi connectivity index (χ2n) is 8.09. The average molecular weight is 497 g/mol. The lowest BCUT2D eigenvalue weighted by molar-refractivity contribution is -0.137. The average Bonchev–Trinajstić information content (AvgIpc) is 2.85. The summed E-state index contributed by atoms with van der Waals surface area (Å²) in [4.78, 5) is 17.3. The van der Waals surface area contributed by atoms with Gasteiger partial charge in [0.2, 0.25) is 0 Å². The molecule has 0 spiro atoms. The number of halogens is 5. The number of benzene rings is 3. The SMILES string of the molecule is O=C(Nc1ccc(F)cc1)NC(Cc1ccccc1)(c1cccc(C(F)(F)F)c1)c1ccc(F)cn1. The zero-order valence-electron chi connectivity index (χ0n) is 18.7. The molecule has 0 aliphatic rings. The minimum atomic E-state index is -4.64. The molecule has 1 unspecified atom stereocenters. The molecule has 4 nitrogen and oxygen atoms in total. The van der Waals surface area contributed by atoms with Crippen molar-refractivity contribution >= 4 is 11.7 Å². The van der Waals surface area contributed by atoms with Crippen LogP contribution < -0.4 is 10.6 Å². The number of urea groups is 1. The van der Waals surface area contributed by atoms with E-state index >= 15 is 0 Å². The largest absolute Gasteiger partial charge is 0.416 e. The fourth-order valence-electron chi connectivity index (χ4n) is 3.90. The summed E-state index contributed by atoms with van der Waals surface area (Å²) in [6.45, 7) is 0. The maximum atomic E-state index is 13.8. The number of pyridine rings is 1. The molecule has 0 aliphatic heterocycles. The summed E-state index contributed by atoms with van der Waals surface area (Å²) in [7, 11) is 0. The summed E-state index contributed by atoms with van der Waals surface area (Å²) in [5.41, 5.74) is -1.38. The van der Waals surface area contributed by atoms with Crippen LogP contribution in [0, 0.1) is 11.6 Å². The Hall–Kier alpha value is -4.27. The minimum absolute atomic E-state index is 0.00458. The first-order valence-corrected chi connectivity index (χ1v) is 10.8. The molecule has 36 heavy (non-hydrogen) atoms. The predicted molar refractivity (Wildman–Crippen MR) is 125 cm³/mol. The minimum Gasteiger partial charge on any atom is -0.322 e. The topological polar surface area (TPSA) is 54.0 Å². The zero-order chi connectivity index (χ0) is 25.8. The van der Waals surface area contributed by atoms with Gasteiger partial charge in [-0.2, -0.15) is 13.2 Å². The van der Waals surface area contributed by atoms with Crippen molar-refractivity contribution in [3.8, 4) is 0 Å². The Morgan fingerprint density at radius 3 is 2.08 bits per heavy atom. The van der Waals surface area contributed by atoms with E-state index < -0.39 is 34.9 Å². The first-order chi connectivity index (χ1) is 17.2. The van der Waals surface area contributed by atoms with Crippen molar-refractivity contribution in [2.24, 2.45) is 0 Å². The molecule has 1 heterocycles. The van der Waals surface area contributed by atoms with Gasteiger partial charge in [-0.1, -0.05) is 42.5 Å². The Morgan fingerprint density at radius 1 is 0.778 bits per heavy atom. The molecule has 9 heteroatoms. The molecule has 4 aromatic rings. The van der Waals surface area contributed by atoms with Gasteiger partial charge in [0.25, 0.3) is 0 Å². The van der Waals surface area contributed by atoms with Gasteiger partial charge in [0.1, 0.15) is 17.2 Å². The molecule has 2 N–H and O–H groups in total. The van der Waals surface area contributed by atoms with Crippen molar-refractivity contribution in [2.45, 2.75) is 18.1 Å². The molecule has 1 aromatic heterocycles. The highest BCUT2D eigenvalue weighted by atomic mass is 19.4.